The molecule has 0 amide bonds. The van der Waals surface area contributed by atoms with Crippen molar-refractivity contribution in [3.8, 4) is 0 Å². The molecule has 0 fully saturated rings. The Bertz CT molecular complexity index is 419. The minimum Gasteiger partial charge on any atom is -0.480 e. The minimum absolute atomic E-state index is 0.116. The molecule has 0 aromatic heterocycles. The highest BCUT2D eigenvalue weighted by molar-refractivity contribution is 5.73. The van der Waals surface area contributed by atoms with Crippen LogP contribution in [0.5, 0.6) is 0 Å². The minimum atomic E-state index is -1.05. The van der Waals surface area contributed by atoms with Crippen molar-refractivity contribution in [2.45, 2.75) is 32.4 Å². The predicted octanol–water partition coefficient (Wildman–Crippen LogP) is 1.56. The molecule has 0 saturated heterocycles. The van der Waals surface area contributed by atoms with Crippen LogP contribution < -0.4 is 5.73 Å². The average molecular weight is 265 g/mol. The van der Waals surface area contributed by atoms with Gasteiger partial charge in [0, 0.05) is 6.42 Å². The second kappa shape index (κ2) is 7.53. The molecule has 3 N–H and O–H groups in total. The van der Waals surface area contributed by atoms with Gasteiger partial charge in [-0.15, -0.1) is 0 Å². The average Bonchev–Trinajstić information content (AvgIpc) is 2.37. The van der Waals surface area contributed by atoms with E-state index < -0.39 is 12.0 Å². The molecule has 1 aromatic carbocycles. The third kappa shape index (κ3) is 6.01. The summed E-state index contributed by atoms with van der Waals surface area (Å²) in [4.78, 5) is 22.2. The molecular weight excluding hydrogens is 246 g/mol. The lowest BCUT2D eigenvalue weighted by atomic mass is 9.99. The maximum absolute atomic E-state index is 11.6. The first kappa shape index (κ1) is 15.2. The van der Waals surface area contributed by atoms with Crippen molar-refractivity contribution in [1.29, 1.82) is 0 Å². The number of aliphatic carboxylic acids is 1. The lowest BCUT2D eigenvalue weighted by Crippen LogP contribution is -2.32. The Hall–Kier alpha value is -1.88. The molecule has 0 saturated carbocycles. The molecule has 0 spiro atoms. The lowest BCUT2D eigenvalue weighted by Gasteiger charge is -2.13. The largest absolute Gasteiger partial charge is 0.480 e. The Morgan fingerprint density at radius 2 is 1.95 bits per heavy atom. The summed E-state index contributed by atoms with van der Waals surface area (Å²) in [5, 5.41) is 8.68. The van der Waals surface area contributed by atoms with Gasteiger partial charge in [0.25, 0.3) is 0 Å². The van der Waals surface area contributed by atoms with Crippen molar-refractivity contribution >= 4 is 11.9 Å². The first-order valence-corrected chi connectivity index (χ1v) is 6.17. The molecule has 0 aliphatic heterocycles. The van der Waals surface area contributed by atoms with E-state index in [-0.39, 0.29) is 31.3 Å². The van der Waals surface area contributed by atoms with E-state index in [0.29, 0.717) is 0 Å². The van der Waals surface area contributed by atoms with Crippen LogP contribution in [0.4, 0.5) is 0 Å². The Labute approximate surface area is 112 Å². The van der Waals surface area contributed by atoms with E-state index in [1.54, 1.807) is 6.92 Å². The number of ether oxygens (including phenoxy) is 1. The Morgan fingerprint density at radius 1 is 1.32 bits per heavy atom. The lowest BCUT2D eigenvalue weighted by molar-refractivity contribution is -0.146. The SMILES string of the molecule is CC(CC(=O)OCc1ccccc1)C[C@@H](N)C(=O)O. The second-order valence-corrected chi connectivity index (χ2v) is 4.64. The van der Waals surface area contributed by atoms with Gasteiger partial charge in [-0.25, -0.2) is 0 Å². The van der Waals surface area contributed by atoms with Crippen LogP contribution in [0, 0.1) is 5.92 Å². The molecule has 0 radical (unpaired) electrons. The zero-order valence-electron chi connectivity index (χ0n) is 10.9. The van der Waals surface area contributed by atoms with E-state index in [0.717, 1.165) is 5.56 Å². The Kier molecular flexibility index (Phi) is 6.02. The van der Waals surface area contributed by atoms with Crippen LogP contribution in [0.3, 0.4) is 0 Å². The van der Waals surface area contributed by atoms with Crippen molar-refractivity contribution in [2.24, 2.45) is 11.7 Å². The van der Waals surface area contributed by atoms with E-state index in [4.69, 9.17) is 15.6 Å². The molecule has 0 bridgehead atoms. The summed E-state index contributed by atoms with van der Waals surface area (Å²) in [6.07, 6.45) is 0.434. The van der Waals surface area contributed by atoms with Gasteiger partial charge in [0.2, 0.25) is 0 Å². The Balaban J connectivity index is 2.29. The number of hydrogen-bond donors (Lipinski definition) is 2. The number of benzene rings is 1. The molecule has 5 nitrogen and oxygen atoms in total. The molecule has 2 atom stereocenters. The summed E-state index contributed by atoms with van der Waals surface area (Å²) >= 11 is 0. The summed E-state index contributed by atoms with van der Waals surface area (Å²) in [7, 11) is 0. The molecule has 104 valence electrons. The first-order valence-electron chi connectivity index (χ1n) is 6.17. The van der Waals surface area contributed by atoms with Crippen LogP contribution in [0.25, 0.3) is 0 Å². The van der Waals surface area contributed by atoms with Crippen molar-refractivity contribution in [3.63, 3.8) is 0 Å². The van der Waals surface area contributed by atoms with Gasteiger partial charge in [0.1, 0.15) is 12.6 Å². The van der Waals surface area contributed by atoms with Gasteiger partial charge in [0.05, 0.1) is 0 Å². The van der Waals surface area contributed by atoms with Gasteiger partial charge in [-0.2, -0.15) is 0 Å². The van der Waals surface area contributed by atoms with Crippen molar-refractivity contribution in [2.75, 3.05) is 0 Å². The van der Waals surface area contributed by atoms with Gasteiger partial charge < -0.3 is 15.6 Å². The zero-order valence-corrected chi connectivity index (χ0v) is 10.9. The van der Waals surface area contributed by atoms with E-state index in [1.165, 1.54) is 0 Å². The van der Waals surface area contributed by atoms with Crippen molar-refractivity contribution in [1.82, 2.24) is 0 Å². The summed E-state index contributed by atoms with van der Waals surface area (Å²) in [6, 6.07) is 8.45. The van der Waals surface area contributed by atoms with Gasteiger partial charge in [-0.05, 0) is 17.9 Å². The Morgan fingerprint density at radius 3 is 2.53 bits per heavy atom. The highest BCUT2D eigenvalue weighted by Gasteiger charge is 2.18. The number of carboxylic acid groups (broad SMARTS) is 1. The normalized spacial score (nSPS) is 13.6. The first-order chi connectivity index (χ1) is 8.99. The molecule has 1 rings (SSSR count). The van der Waals surface area contributed by atoms with Crippen molar-refractivity contribution < 1.29 is 19.4 Å². The van der Waals surface area contributed by atoms with Gasteiger partial charge in [-0.1, -0.05) is 37.3 Å². The molecule has 5 heteroatoms. The van der Waals surface area contributed by atoms with E-state index in [2.05, 4.69) is 0 Å². The van der Waals surface area contributed by atoms with Crippen LogP contribution in [0.2, 0.25) is 0 Å². The zero-order chi connectivity index (χ0) is 14.3. The molecule has 0 aliphatic rings. The fourth-order valence-electron chi connectivity index (χ4n) is 1.70. The second-order valence-electron chi connectivity index (χ2n) is 4.64. The number of esters is 1. The predicted molar refractivity (Wildman–Crippen MR) is 70.2 cm³/mol. The number of carboxylic acids is 1. The fraction of sp³-hybridized carbons (Fsp3) is 0.429. The van der Waals surface area contributed by atoms with Gasteiger partial charge >= 0.3 is 11.9 Å². The van der Waals surface area contributed by atoms with Gasteiger partial charge in [0.15, 0.2) is 0 Å². The summed E-state index contributed by atoms with van der Waals surface area (Å²) in [5.41, 5.74) is 6.33. The number of carbonyl (C=O) groups excluding carboxylic acids is 1. The van der Waals surface area contributed by atoms with E-state index in [1.807, 2.05) is 30.3 Å². The maximum Gasteiger partial charge on any atom is 0.320 e. The van der Waals surface area contributed by atoms with Crippen LogP contribution in [0.15, 0.2) is 30.3 Å². The van der Waals surface area contributed by atoms with E-state index in [9.17, 15) is 9.59 Å². The number of hydrogen-bond acceptors (Lipinski definition) is 4. The smallest absolute Gasteiger partial charge is 0.320 e. The fourth-order valence-corrected chi connectivity index (χ4v) is 1.70. The monoisotopic (exact) mass is 265 g/mol. The summed E-state index contributed by atoms with van der Waals surface area (Å²) in [6.45, 7) is 2.02. The van der Waals surface area contributed by atoms with Crippen LogP contribution in [-0.2, 0) is 20.9 Å². The molecule has 0 heterocycles. The molecule has 0 aliphatic carbocycles. The quantitative estimate of drug-likeness (QED) is 0.730. The maximum atomic E-state index is 11.6. The van der Waals surface area contributed by atoms with Crippen LogP contribution in [0.1, 0.15) is 25.3 Å². The molecule has 1 unspecified atom stereocenters. The van der Waals surface area contributed by atoms with Crippen LogP contribution >= 0.6 is 0 Å². The molecule has 1 aromatic rings. The standard InChI is InChI=1S/C14H19NO4/c1-10(7-12(15)14(17)18)8-13(16)19-9-11-5-3-2-4-6-11/h2-6,10,12H,7-9,15H2,1H3,(H,17,18)/t10?,12-/m1/s1. The van der Waals surface area contributed by atoms with E-state index >= 15 is 0 Å². The highest BCUT2D eigenvalue weighted by atomic mass is 16.5. The summed E-state index contributed by atoms with van der Waals surface area (Å²) in [5.74, 6) is -1.51. The third-order valence-corrected chi connectivity index (χ3v) is 2.73. The molecular formula is C14H19NO4. The molecule has 19 heavy (non-hydrogen) atoms. The van der Waals surface area contributed by atoms with Gasteiger partial charge in [-0.3, -0.25) is 9.59 Å². The van der Waals surface area contributed by atoms with Crippen LogP contribution in [-0.4, -0.2) is 23.1 Å². The van der Waals surface area contributed by atoms with Crippen molar-refractivity contribution in [3.05, 3.63) is 35.9 Å². The number of nitrogens with two attached hydrogens (primary N) is 1. The topological polar surface area (TPSA) is 89.6 Å². The third-order valence-electron chi connectivity index (χ3n) is 2.73. The number of rotatable bonds is 7. The highest BCUT2D eigenvalue weighted by Crippen LogP contribution is 2.11. The summed E-state index contributed by atoms with van der Waals surface area (Å²) < 4.78 is 5.11. The number of carbonyl (C=O) groups is 2.